The standard InChI is InChI=1S/C17H18ClNO2S/c1-11-12-8-10-22-15(12)7-9-19(11)16(17(20)21-2)13-5-3-4-6-14(13)18/h3-6,8,10-11,16H,7,9H2,1-2H3/t11?,16-/m0/s1. The lowest BCUT2D eigenvalue weighted by atomic mass is 9.96. The molecule has 1 aromatic carbocycles. The van der Waals surface area contributed by atoms with E-state index in [1.807, 2.05) is 24.3 Å². The molecule has 5 heteroatoms. The van der Waals surface area contributed by atoms with Gasteiger partial charge in [0.1, 0.15) is 6.04 Å². The molecule has 0 fully saturated rings. The van der Waals surface area contributed by atoms with E-state index in [1.165, 1.54) is 17.6 Å². The second-order valence-corrected chi connectivity index (χ2v) is 6.82. The van der Waals surface area contributed by atoms with E-state index in [-0.39, 0.29) is 12.0 Å². The molecule has 0 N–H and O–H groups in total. The van der Waals surface area contributed by atoms with Gasteiger partial charge in [-0.05, 0) is 42.0 Å². The first-order chi connectivity index (χ1) is 10.6. The number of carbonyl (C=O) groups is 1. The van der Waals surface area contributed by atoms with Crippen LogP contribution in [0.5, 0.6) is 0 Å². The third-order valence-corrected chi connectivity index (χ3v) is 5.62. The highest BCUT2D eigenvalue weighted by Crippen LogP contribution is 2.40. The van der Waals surface area contributed by atoms with Gasteiger partial charge >= 0.3 is 5.97 Å². The molecule has 3 nitrogen and oxygen atoms in total. The van der Waals surface area contributed by atoms with Crippen LogP contribution in [0.3, 0.4) is 0 Å². The van der Waals surface area contributed by atoms with E-state index in [2.05, 4.69) is 23.3 Å². The molecule has 2 atom stereocenters. The summed E-state index contributed by atoms with van der Waals surface area (Å²) in [5, 5.41) is 2.72. The molecule has 22 heavy (non-hydrogen) atoms. The third kappa shape index (κ3) is 2.67. The van der Waals surface area contributed by atoms with Crippen LogP contribution in [0.25, 0.3) is 0 Å². The molecular formula is C17H18ClNO2S. The predicted molar refractivity (Wildman–Crippen MR) is 89.4 cm³/mol. The maximum atomic E-state index is 12.4. The van der Waals surface area contributed by atoms with E-state index < -0.39 is 6.04 Å². The van der Waals surface area contributed by atoms with E-state index in [0.29, 0.717) is 5.02 Å². The lowest BCUT2D eigenvalue weighted by Crippen LogP contribution is -2.40. The normalized spacial score (nSPS) is 19.5. The molecule has 0 radical (unpaired) electrons. The van der Waals surface area contributed by atoms with Gasteiger partial charge in [0.2, 0.25) is 0 Å². The Morgan fingerprint density at radius 3 is 2.91 bits per heavy atom. The highest BCUT2D eigenvalue weighted by atomic mass is 35.5. The van der Waals surface area contributed by atoms with Gasteiger partial charge < -0.3 is 4.74 Å². The first-order valence-corrected chi connectivity index (χ1v) is 8.53. The number of nitrogens with zero attached hydrogens (tertiary/aromatic N) is 1. The summed E-state index contributed by atoms with van der Waals surface area (Å²) in [7, 11) is 1.43. The summed E-state index contributed by atoms with van der Waals surface area (Å²) in [5.41, 5.74) is 2.11. The molecule has 116 valence electrons. The van der Waals surface area contributed by atoms with E-state index in [1.54, 1.807) is 11.3 Å². The number of fused-ring (bicyclic) bond motifs is 1. The molecule has 2 aromatic rings. The van der Waals surface area contributed by atoms with Crippen molar-refractivity contribution in [2.75, 3.05) is 13.7 Å². The highest BCUT2D eigenvalue weighted by molar-refractivity contribution is 7.10. The number of thiophene rings is 1. The number of hydrogen-bond donors (Lipinski definition) is 0. The van der Waals surface area contributed by atoms with Crippen LogP contribution < -0.4 is 0 Å². The second-order valence-electron chi connectivity index (χ2n) is 5.41. The smallest absolute Gasteiger partial charge is 0.327 e. The molecule has 0 amide bonds. The van der Waals surface area contributed by atoms with Crippen LogP contribution in [0.1, 0.15) is 35.0 Å². The van der Waals surface area contributed by atoms with Crippen LogP contribution in [0.15, 0.2) is 35.7 Å². The minimum absolute atomic E-state index is 0.162. The number of ether oxygens (including phenoxy) is 1. The Morgan fingerprint density at radius 1 is 1.41 bits per heavy atom. The fourth-order valence-corrected chi connectivity index (χ4v) is 4.33. The maximum absolute atomic E-state index is 12.4. The molecule has 1 aliphatic heterocycles. The van der Waals surface area contributed by atoms with Crippen LogP contribution in [-0.2, 0) is 16.0 Å². The number of rotatable bonds is 3. The van der Waals surface area contributed by atoms with Crippen molar-refractivity contribution in [2.24, 2.45) is 0 Å². The summed E-state index contributed by atoms with van der Waals surface area (Å²) in [5.74, 6) is -0.265. The SMILES string of the molecule is COC(=O)[C@H](c1ccccc1Cl)N1CCc2sccc2C1C. The minimum atomic E-state index is -0.471. The van der Waals surface area contributed by atoms with Gasteiger partial charge in [-0.25, -0.2) is 4.79 Å². The molecule has 1 unspecified atom stereocenters. The van der Waals surface area contributed by atoms with Crippen molar-refractivity contribution in [1.29, 1.82) is 0 Å². The van der Waals surface area contributed by atoms with E-state index in [9.17, 15) is 4.79 Å². The van der Waals surface area contributed by atoms with Crippen LogP contribution in [0.2, 0.25) is 5.02 Å². The van der Waals surface area contributed by atoms with Gasteiger partial charge in [0.05, 0.1) is 7.11 Å². The quantitative estimate of drug-likeness (QED) is 0.786. The molecule has 1 aliphatic rings. The molecule has 2 heterocycles. The second kappa shape index (κ2) is 6.41. The molecule has 1 aromatic heterocycles. The Labute approximate surface area is 139 Å². The molecule has 0 spiro atoms. The van der Waals surface area contributed by atoms with Crippen molar-refractivity contribution in [2.45, 2.75) is 25.4 Å². The van der Waals surface area contributed by atoms with Crippen LogP contribution in [0.4, 0.5) is 0 Å². The van der Waals surface area contributed by atoms with Crippen molar-refractivity contribution < 1.29 is 9.53 Å². The van der Waals surface area contributed by atoms with Crippen molar-refractivity contribution in [3.63, 3.8) is 0 Å². The van der Waals surface area contributed by atoms with Crippen molar-refractivity contribution in [3.05, 3.63) is 56.7 Å². The predicted octanol–water partition coefficient (Wildman–Crippen LogP) is 4.23. The first-order valence-electron chi connectivity index (χ1n) is 7.27. The fraction of sp³-hybridized carbons (Fsp3) is 0.353. The summed E-state index contributed by atoms with van der Waals surface area (Å²) < 4.78 is 5.06. The third-order valence-electron chi connectivity index (χ3n) is 4.28. The maximum Gasteiger partial charge on any atom is 0.327 e. The van der Waals surface area contributed by atoms with Crippen molar-refractivity contribution >= 4 is 28.9 Å². The largest absolute Gasteiger partial charge is 0.468 e. The number of carbonyl (C=O) groups excluding carboxylic acids is 1. The molecule has 3 rings (SSSR count). The number of halogens is 1. The van der Waals surface area contributed by atoms with E-state index >= 15 is 0 Å². The summed E-state index contributed by atoms with van der Waals surface area (Å²) >= 11 is 8.12. The van der Waals surface area contributed by atoms with Gasteiger partial charge in [0.25, 0.3) is 0 Å². The zero-order chi connectivity index (χ0) is 15.7. The zero-order valence-corrected chi connectivity index (χ0v) is 14.2. The molecule has 0 aliphatic carbocycles. The first kappa shape index (κ1) is 15.5. The Morgan fingerprint density at radius 2 is 2.18 bits per heavy atom. The summed E-state index contributed by atoms with van der Waals surface area (Å²) in [6.45, 7) is 2.96. The highest BCUT2D eigenvalue weighted by Gasteiger charge is 2.36. The van der Waals surface area contributed by atoms with Gasteiger partial charge in [-0.3, -0.25) is 4.90 Å². The number of benzene rings is 1. The average Bonchev–Trinajstić information content (AvgIpc) is 3.00. The lowest BCUT2D eigenvalue weighted by molar-refractivity contribution is -0.148. The molecule has 0 saturated carbocycles. The molecule has 0 bridgehead atoms. The van der Waals surface area contributed by atoms with Gasteiger partial charge in [0.15, 0.2) is 0 Å². The summed E-state index contributed by atoms with van der Waals surface area (Å²) in [6.07, 6.45) is 0.954. The summed E-state index contributed by atoms with van der Waals surface area (Å²) in [4.78, 5) is 16.0. The van der Waals surface area contributed by atoms with E-state index in [4.69, 9.17) is 16.3 Å². The Hall–Kier alpha value is -1.36. The van der Waals surface area contributed by atoms with Gasteiger partial charge in [0, 0.05) is 22.5 Å². The van der Waals surface area contributed by atoms with Crippen LogP contribution >= 0.6 is 22.9 Å². The van der Waals surface area contributed by atoms with Gasteiger partial charge in [-0.1, -0.05) is 29.8 Å². The average molecular weight is 336 g/mol. The lowest BCUT2D eigenvalue weighted by Gasteiger charge is -2.38. The number of hydrogen-bond acceptors (Lipinski definition) is 4. The molecular weight excluding hydrogens is 318 g/mol. The monoisotopic (exact) mass is 335 g/mol. The Balaban J connectivity index is 2.01. The van der Waals surface area contributed by atoms with Crippen LogP contribution in [-0.4, -0.2) is 24.5 Å². The number of esters is 1. The topological polar surface area (TPSA) is 29.5 Å². The Bertz CT molecular complexity index is 685. The minimum Gasteiger partial charge on any atom is -0.468 e. The number of methoxy groups -OCH3 is 1. The van der Waals surface area contributed by atoms with E-state index in [0.717, 1.165) is 18.5 Å². The van der Waals surface area contributed by atoms with Crippen molar-refractivity contribution in [1.82, 2.24) is 4.90 Å². The Kier molecular flexibility index (Phi) is 4.52. The zero-order valence-electron chi connectivity index (χ0n) is 12.6. The van der Waals surface area contributed by atoms with Gasteiger partial charge in [-0.2, -0.15) is 0 Å². The molecule has 0 saturated heterocycles. The fourth-order valence-electron chi connectivity index (χ4n) is 3.13. The van der Waals surface area contributed by atoms with Gasteiger partial charge in [-0.15, -0.1) is 11.3 Å². The van der Waals surface area contributed by atoms with Crippen LogP contribution in [0, 0.1) is 0 Å². The summed E-state index contributed by atoms with van der Waals surface area (Å²) in [6, 6.07) is 9.34. The van der Waals surface area contributed by atoms with Crippen molar-refractivity contribution in [3.8, 4) is 0 Å².